The van der Waals surface area contributed by atoms with Crippen molar-refractivity contribution in [1.82, 2.24) is 4.98 Å². The smallest absolute Gasteiger partial charge is 0.0884 e. The van der Waals surface area contributed by atoms with Crippen molar-refractivity contribution in [2.75, 3.05) is 13.4 Å². The summed E-state index contributed by atoms with van der Waals surface area (Å²) in [6.45, 7) is 0.592. The molecule has 0 saturated heterocycles. The summed E-state index contributed by atoms with van der Waals surface area (Å²) in [4.78, 5) is 5.37. The summed E-state index contributed by atoms with van der Waals surface area (Å²) in [5.41, 5.74) is 0.986. The molecule has 0 bridgehead atoms. The van der Waals surface area contributed by atoms with Crippen LogP contribution in [-0.4, -0.2) is 18.3 Å². The van der Waals surface area contributed by atoms with Crippen LogP contribution in [0.1, 0.15) is 5.69 Å². The zero-order chi connectivity index (χ0) is 8.10. The third-order valence-corrected chi connectivity index (χ3v) is 2.04. The van der Waals surface area contributed by atoms with Crippen LogP contribution in [0.25, 0.3) is 0 Å². The molecule has 0 spiro atoms. The highest BCUT2D eigenvalue weighted by molar-refractivity contribution is 7.98. The van der Waals surface area contributed by atoms with Gasteiger partial charge in [0, 0.05) is 18.2 Å². The third kappa shape index (κ3) is 2.52. The Morgan fingerprint density at radius 2 is 2.45 bits per heavy atom. The lowest BCUT2D eigenvalue weighted by atomic mass is 10.4. The van der Waals surface area contributed by atoms with Crippen molar-refractivity contribution in [3.05, 3.63) is 24.0 Å². The second kappa shape index (κ2) is 4.36. The fraction of sp³-hybridized carbons (Fsp3) is 0.375. The SMILES string of the molecule is COCc1cc(SC)ccn1. The van der Waals surface area contributed by atoms with Crippen LogP contribution in [0.2, 0.25) is 0 Å². The van der Waals surface area contributed by atoms with Gasteiger partial charge in [0.05, 0.1) is 12.3 Å². The van der Waals surface area contributed by atoms with E-state index in [1.54, 1.807) is 25.1 Å². The first-order valence-electron chi connectivity index (χ1n) is 3.34. The van der Waals surface area contributed by atoms with E-state index in [0.29, 0.717) is 6.61 Å². The summed E-state index contributed by atoms with van der Waals surface area (Å²) in [6, 6.07) is 4.03. The molecular weight excluding hydrogens is 158 g/mol. The fourth-order valence-electron chi connectivity index (χ4n) is 0.810. The minimum Gasteiger partial charge on any atom is -0.378 e. The summed E-state index contributed by atoms with van der Waals surface area (Å²) in [7, 11) is 1.67. The van der Waals surface area contributed by atoms with Gasteiger partial charge in [-0.25, -0.2) is 0 Å². The van der Waals surface area contributed by atoms with Gasteiger partial charge in [0.1, 0.15) is 0 Å². The standard InChI is InChI=1S/C8H11NOS/c1-10-6-7-5-8(11-2)3-4-9-7/h3-5H,6H2,1-2H3. The first-order chi connectivity index (χ1) is 5.36. The van der Waals surface area contributed by atoms with Crippen LogP contribution in [-0.2, 0) is 11.3 Å². The molecule has 0 aliphatic carbocycles. The maximum absolute atomic E-state index is 4.96. The van der Waals surface area contributed by atoms with E-state index in [1.165, 1.54) is 4.90 Å². The number of rotatable bonds is 3. The first kappa shape index (κ1) is 8.56. The normalized spacial score (nSPS) is 10.0. The van der Waals surface area contributed by atoms with E-state index in [9.17, 15) is 0 Å². The lowest BCUT2D eigenvalue weighted by molar-refractivity contribution is 0.181. The van der Waals surface area contributed by atoms with Crippen LogP contribution in [0.15, 0.2) is 23.2 Å². The van der Waals surface area contributed by atoms with E-state index in [2.05, 4.69) is 4.98 Å². The molecule has 0 amide bonds. The number of pyridine rings is 1. The van der Waals surface area contributed by atoms with Gasteiger partial charge in [-0.15, -0.1) is 11.8 Å². The number of ether oxygens (including phenoxy) is 1. The Kier molecular flexibility index (Phi) is 3.39. The number of nitrogens with zero attached hydrogens (tertiary/aromatic N) is 1. The number of methoxy groups -OCH3 is 1. The topological polar surface area (TPSA) is 22.1 Å². The maximum atomic E-state index is 4.96. The van der Waals surface area contributed by atoms with Gasteiger partial charge in [-0.05, 0) is 18.4 Å². The lowest BCUT2D eigenvalue weighted by Crippen LogP contribution is -1.90. The van der Waals surface area contributed by atoms with Crippen LogP contribution >= 0.6 is 11.8 Å². The molecule has 3 heteroatoms. The second-order valence-electron chi connectivity index (χ2n) is 2.12. The van der Waals surface area contributed by atoms with Crippen LogP contribution < -0.4 is 0 Å². The highest BCUT2D eigenvalue weighted by Gasteiger charge is 1.94. The van der Waals surface area contributed by atoms with E-state index in [0.717, 1.165) is 5.69 Å². The summed E-state index contributed by atoms with van der Waals surface area (Å²) >= 11 is 1.71. The predicted molar refractivity (Wildman–Crippen MR) is 46.7 cm³/mol. The molecule has 60 valence electrons. The zero-order valence-corrected chi connectivity index (χ0v) is 7.52. The van der Waals surface area contributed by atoms with Crippen molar-refractivity contribution in [2.45, 2.75) is 11.5 Å². The van der Waals surface area contributed by atoms with Crippen LogP contribution in [0.5, 0.6) is 0 Å². The molecule has 0 saturated carbocycles. The van der Waals surface area contributed by atoms with Gasteiger partial charge >= 0.3 is 0 Å². The molecule has 1 aromatic heterocycles. The molecule has 2 nitrogen and oxygen atoms in total. The molecule has 0 N–H and O–H groups in total. The number of hydrogen-bond donors (Lipinski definition) is 0. The first-order valence-corrected chi connectivity index (χ1v) is 4.57. The average Bonchev–Trinajstić information content (AvgIpc) is 2.06. The van der Waals surface area contributed by atoms with Gasteiger partial charge in [-0.1, -0.05) is 0 Å². The zero-order valence-electron chi connectivity index (χ0n) is 6.70. The number of thioether (sulfide) groups is 1. The monoisotopic (exact) mass is 169 g/mol. The molecule has 0 atom stereocenters. The van der Waals surface area contributed by atoms with Gasteiger partial charge in [0.2, 0.25) is 0 Å². The quantitative estimate of drug-likeness (QED) is 0.646. The van der Waals surface area contributed by atoms with Gasteiger partial charge in [-0.2, -0.15) is 0 Å². The molecule has 0 aromatic carbocycles. The van der Waals surface area contributed by atoms with E-state index >= 15 is 0 Å². The molecule has 1 aromatic rings. The Bertz CT molecular complexity index is 227. The van der Waals surface area contributed by atoms with Gasteiger partial charge < -0.3 is 4.74 Å². The third-order valence-electron chi connectivity index (χ3n) is 1.32. The van der Waals surface area contributed by atoms with Crippen molar-refractivity contribution in [3.8, 4) is 0 Å². The van der Waals surface area contributed by atoms with Crippen molar-refractivity contribution in [3.63, 3.8) is 0 Å². The fourth-order valence-corrected chi connectivity index (χ4v) is 1.26. The number of aromatic nitrogens is 1. The van der Waals surface area contributed by atoms with E-state index < -0.39 is 0 Å². The largest absolute Gasteiger partial charge is 0.378 e. The van der Waals surface area contributed by atoms with Crippen molar-refractivity contribution in [1.29, 1.82) is 0 Å². The molecule has 0 aliphatic heterocycles. The highest BCUT2D eigenvalue weighted by Crippen LogP contribution is 2.14. The summed E-state index contributed by atoms with van der Waals surface area (Å²) in [6.07, 6.45) is 3.85. The highest BCUT2D eigenvalue weighted by atomic mass is 32.2. The van der Waals surface area contributed by atoms with E-state index in [-0.39, 0.29) is 0 Å². The minimum atomic E-state index is 0.592. The van der Waals surface area contributed by atoms with Gasteiger partial charge in [-0.3, -0.25) is 4.98 Å². The van der Waals surface area contributed by atoms with Crippen molar-refractivity contribution in [2.24, 2.45) is 0 Å². The van der Waals surface area contributed by atoms with Crippen molar-refractivity contribution >= 4 is 11.8 Å². The molecule has 1 rings (SSSR count). The molecule has 1 heterocycles. The lowest BCUT2D eigenvalue weighted by Gasteiger charge is -1.99. The molecule has 0 fully saturated rings. The second-order valence-corrected chi connectivity index (χ2v) is 3.00. The average molecular weight is 169 g/mol. The summed E-state index contributed by atoms with van der Waals surface area (Å²) < 4.78 is 4.96. The van der Waals surface area contributed by atoms with E-state index in [1.807, 2.05) is 18.4 Å². The Balaban J connectivity index is 2.74. The molecule has 0 radical (unpaired) electrons. The molecular formula is C8H11NOS. The molecule has 0 unspecified atom stereocenters. The maximum Gasteiger partial charge on any atom is 0.0884 e. The van der Waals surface area contributed by atoms with Crippen LogP contribution in [0.4, 0.5) is 0 Å². The number of hydrogen-bond acceptors (Lipinski definition) is 3. The molecule has 0 aliphatic rings. The minimum absolute atomic E-state index is 0.592. The Morgan fingerprint density at radius 1 is 1.64 bits per heavy atom. The van der Waals surface area contributed by atoms with Crippen LogP contribution in [0.3, 0.4) is 0 Å². The summed E-state index contributed by atoms with van der Waals surface area (Å²) in [5, 5.41) is 0. The Labute approximate surface area is 71.0 Å². The van der Waals surface area contributed by atoms with E-state index in [4.69, 9.17) is 4.74 Å². The van der Waals surface area contributed by atoms with Crippen LogP contribution in [0, 0.1) is 0 Å². The van der Waals surface area contributed by atoms with Gasteiger partial charge in [0.25, 0.3) is 0 Å². The van der Waals surface area contributed by atoms with Gasteiger partial charge in [0.15, 0.2) is 0 Å². The van der Waals surface area contributed by atoms with Crippen molar-refractivity contribution < 1.29 is 4.74 Å². The Morgan fingerprint density at radius 3 is 3.09 bits per heavy atom. The Hall–Kier alpha value is -0.540. The predicted octanol–water partition coefficient (Wildman–Crippen LogP) is 1.95. The molecule has 11 heavy (non-hydrogen) atoms. The summed E-state index contributed by atoms with van der Waals surface area (Å²) in [5.74, 6) is 0.